The molecule has 0 bridgehead atoms. The minimum Gasteiger partial charge on any atom is -0.335 e. The first-order chi connectivity index (χ1) is 7.75. The Kier molecular flexibility index (Phi) is 3.47. The van der Waals surface area contributed by atoms with Crippen LogP contribution in [-0.4, -0.2) is 10.4 Å². The van der Waals surface area contributed by atoms with E-state index in [1.54, 1.807) is 18.7 Å². The fourth-order valence-electron chi connectivity index (χ4n) is 1.47. The quantitative estimate of drug-likeness (QED) is 0.806. The SMILES string of the molecule is CC(=O)Cn1cccc1Sc1ccccc1. The van der Waals surface area contributed by atoms with Gasteiger partial charge < -0.3 is 4.57 Å². The maximum atomic E-state index is 11.1. The number of hydrogen-bond acceptors (Lipinski definition) is 2. The predicted octanol–water partition coefficient (Wildman–Crippen LogP) is 3.23. The van der Waals surface area contributed by atoms with E-state index in [1.807, 2.05) is 41.1 Å². The lowest BCUT2D eigenvalue weighted by Crippen LogP contribution is -2.05. The van der Waals surface area contributed by atoms with Gasteiger partial charge in [-0.2, -0.15) is 0 Å². The van der Waals surface area contributed by atoms with Crippen molar-refractivity contribution in [3.05, 3.63) is 48.7 Å². The summed E-state index contributed by atoms with van der Waals surface area (Å²) in [5.41, 5.74) is 0. The van der Waals surface area contributed by atoms with Crippen LogP contribution in [-0.2, 0) is 11.3 Å². The molecule has 0 atom stereocenters. The summed E-state index contributed by atoms with van der Waals surface area (Å²) in [5, 5.41) is 1.10. The van der Waals surface area contributed by atoms with Crippen LogP contribution in [0.4, 0.5) is 0 Å². The average molecular weight is 231 g/mol. The molecule has 82 valence electrons. The summed E-state index contributed by atoms with van der Waals surface area (Å²) in [6, 6.07) is 14.2. The van der Waals surface area contributed by atoms with Crippen molar-refractivity contribution in [3.63, 3.8) is 0 Å². The monoisotopic (exact) mass is 231 g/mol. The molecule has 0 amide bonds. The van der Waals surface area contributed by atoms with Gasteiger partial charge in [0.1, 0.15) is 5.78 Å². The molecule has 1 aromatic carbocycles. The first-order valence-corrected chi connectivity index (χ1v) is 5.95. The van der Waals surface area contributed by atoms with Gasteiger partial charge in [-0.15, -0.1) is 0 Å². The second-order valence-electron chi connectivity index (χ2n) is 3.59. The van der Waals surface area contributed by atoms with Gasteiger partial charge in [0.25, 0.3) is 0 Å². The van der Waals surface area contributed by atoms with Crippen molar-refractivity contribution in [1.29, 1.82) is 0 Å². The molecule has 1 heterocycles. The van der Waals surface area contributed by atoms with Crippen LogP contribution in [0.1, 0.15) is 6.92 Å². The van der Waals surface area contributed by atoms with Crippen molar-refractivity contribution in [2.75, 3.05) is 0 Å². The van der Waals surface area contributed by atoms with Crippen LogP contribution in [0.5, 0.6) is 0 Å². The number of nitrogens with zero attached hydrogens (tertiary/aromatic N) is 1. The van der Waals surface area contributed by atoms with Crippen LogP contribution < -0.4 is 0 Å². The minimum absolute atomic E-state index is 0.172. The van der Waals surface area contributed by atoms with E-state index < -0.39 is 0 Å². The van der Waals surface area contributed by atoms with E-state index >= 15 is 0 Å². The zero-order chi connectivity index (χ0) is 11.4. The molecule has 0 saturated carbocycles. The predicted molar refractivity (Wildman–Crippen MR) is 65.7 cm³/mol. The number of Topliss-reactive ketones (excluding diaryl/α,β-unsaturated/α-hetero) is 1. The molecule has 2 rings (SSSR count). The van der Waals surface area contributed by atoms with Crippen LogP contribution in [0.2, 0.25) is 0 Å². The Morgan fingerprint density at radius 1 is 1.19 bits per heavy atom. The summed E-state index contributed by atoms with van der Waals surface area (Å²) in [5.74, 6) is 0.172. The molecule has 0 aliphatic rings. The Bertz CT molecular complexity index is 476. The molecular formula is C13H13NOS. The van der Waals surface area contributed by atoms with E-state index in [4.69, 9.17) is 0 Å². The van der Waals surface area contributed by atoms with Crippen LogP contribution in [0.25, 0.3) is 0 Å². The topological polar surface area (TPSA) is 22.0 Å². The molecule has 0 N–H and O–H groups in total. The molecule has 16 heavy (non-hydrogen) atoms. The third kappa shape index (κ3) is 2.76. The van der Waals surface area contributed by atoms with Crippen molar-refractivity contribution >= 4 is 17.5 Å². The van der Waals surface area contributed by atoms with Crippen LogP contribution >= 0.6 is 11.8 Å². The van der Waals surface area contributed by atoms with Gasteiger partial charge in [-0.3, -0.25) is 4.79 Å². The third-order valence-electron chi connectivity index (χ3n) is 2.15. The average Bonchev–Trinajstić information content (AvgIpc) is 2.66. The molecule has 0 aliphatic carbocycles. The second kappa shape index (κ2) is 5.03. The number of carbonyl (C=O) groups is 1. The zero-order valence-electron chi connectivity index (χ0n) is 9.09. The standard InChI is InChI=1S/C13H13NOS/c1-11(15)10-14-9-5-8-13(14)16-12-6-3-2-4-7-12/h2-9H,10H2,1H3. The van der Waals surface area contributed by atoms with Crippen LogP contribution in [0, 0.1) is 0 Å². The smallest absolute Gasteiger partial charge is 0.149 e. The Labute approximate surface area is 99.3 Å². The summed E-state index contributed by atoms with van der Waals surface area (Å²) >= 11 is 1.67. The summed E-state index contributed by atoms with van der Waals surface area (Å²) in [6.45, 7) is 2.05. The highest BCUT2D eigenvalue weighted by Crippen LogP contribution is 2.27. The highest BCUT2D eigenvalue weighted by atomic mass is 32.2. The lowest BCUT2D eigenvalue weighted by Gasteiger charge is -2.06. The van der Waals surface area contributed by atoms with E-state index in [2.05, 4.69) is 12.1 Å². The summed E-state index contributed by atoms with van der Waals surface area (Å²) in [4.78, 5) is 12.3. The fourth-order valence-corrected chi connectivity index (χ4v) is 2.39. The summed E-state index contributed by atoms with van der Waals surface area (Å²) in [6.07, 6.45) is 1.94. The molecule has 2 aromatic rings. The van der Waals surface area contributed by atoms with E-state index in [-0.39, 0.29) is 5.78 Å². The van der Waals surface area contributed by atoms with Gasteiger partial charge in [-0.05, 0) is 31.2 Å². The van der Waals surface area contributed by atoms with Crippen molar-refractivity contribution < 1.29 is 4.79 Å². The highest BCUT2D eigenvalue weighted by molar-refractivity contribution is 7.99. The molecule has 0 aliphatic heterocycles. The molecule has 3 heteroatoms. The molecule has 0 unspecified atom stereocenters. The van der Waals surface area contributed by atoms with Gasteiger partial charge in [0.2, 0.25) is 0 Å². The van der Waals surface area contributed by atoms with Crippen LogP contribution in [0.15, 0.2) is 58.6 Å². The Hall–Kier alpha value is -1.48. The third-order valence-corrected chi connectivity index (χ3v) is 3.23. The van der Waals surface area contributed by atoms with E-state index in [1.165, 1.54) is 4.90 Å². The summed E-state index contributed by atoms with van der Waals surface area (Å²) in [7, 11) is 0. The van der Waals surface area contributed by atoms with Gasteiger partial charge in [-0.25, -0.2) is 0 Å². The maximum absolute atomic E-state index is 11.1. The molecule has 0 radical (unpaired) electrons. The Balaban J connectivity index is 2.16. The molecular weight excluding hydrogens is 218 g/mol. The second-order valence-corrected chi connectivity index (χ2v) is 4.69. The lowest BCUT2D eigenvalue weighted by atomic mass is 10.4. The number of hydrogen-bond donors (Lipinski definition) is 0. The van der Waals surface area contributed by atoms with Gasteiger partial charge in [0.05, 0.1) is 11.6 Å². The van der Waals surface area contributed by atoms with Crippen molar-refractivity contribution in [2.24, 2.45) is 0 Å². The van der Waals surface area contributed by atoms with E-state index in [0.29, 0.717) is 6.54 Å². The Morgan fingerprint density at radius 3 is 2.62 bits per heavy atom. The van der Waals surface area contributed by atoms with Gasteiger partial charge in [-0.1, -0.05) is 30.0 Å². The largest absolute Gasteiger partial charge is 0.335 e. The van der Waals surface area contributed by atoms with Crippen molar-refractivity contribution in [1.82, 2.24) is 4.57 Å². The minimum atomic E-state index is 0.172. The van der Waals surface area contributed by atoms with Crippen LogP contribution in [0.3, 0.4) is 0 Å². The van der Waals surface area contributed by atoms with E-state index in [9.17, 15) is 4.79 Å². The van der Waals surface area contributed by atoms with Crippen molar-refractivity contribution in [3.8, 4) is 0 Å². The molecule has 0 saturated heterocycles. The number of carbonyl (C=O) groups excluding carboxylic acids is 1. The molecule has 2 nitrogen and oxygen atoms in total. The fraction of sp³-hybridized carbons (Fsp3) is 0.154. The highest BCUT2D eigenvalue weighted by Gasteiger charge is 2.04. The number of rotatable bonds is 4. The van der Waals surface area contributed by atoms with Gasteiger partial charge in [0.15, 0.2) is 0 Å². The number of ketones is 1. The zero-order valence-corrected chi connectivity index (χ0v) is 9.91. The molecule has 0 fully saturated rings. The summed E-state index contributed by atoms with van der Waals surface area (Å²) < 4.78 is 1.97. The van der Waals surface area contributed by atoms with Gasteiger partial charge in [0, 0.05) is 11.1 Å². The number of aromatic nitrogens is 1. The van der Waals surface area contributed by atoms with E-state index in [0.717, 1.165) is 5.03 Å². The molecule has 1 aromatic heterocycles. The van der Waals surface area contributed by atoms with Crippen molar-refractivity contribution in [2.45, 2.75) is 23.4 Å². The van der Waals surface area contributed by atoms with Gasteiger partial charge >= 0.3 is 0 Å². The maximum Gasteiger partial charge on any atom is 0.149 e. The number of benzene rings is 1. The normalized spacial score (nSPS) is 10.3. The first kappa shape index (κ1) is 11.0. The lowest BCUT2D eigenvalue weighted by molar-refractivity contribution is -0.117. The Morgan fingerprint density at radius 2 is 1.94 bits per heavy atom. The molecule has 0 spiro atoms. The first-order valence-electron chi connectivity index (χ1n) is 5.13.